The predicted molar refractivity (Wildman–Crippen MR) is 71.0 cm³/mol. The number of hydrogen-bond donors (Lipinski definition) is 3. The highest BCUT2D eigenvalue weighted by molar-refractivity contribution is 5.91. The van der Waals surface area contributed by atoms with Crippen LogP contribution in [0.1, 0.15) is 33.6 Å². The Kier molecular flexibility index (Phi) is 5.10. The summed E-state index contributed by atoms with van der Waals surface area (Å²) in [5.41, 5.74) is -1.88. The third-order valence-corrected chi connectivity index (χ3v) is 3.23. The molecule has 1 fully saturated rings. The first kappa shape index (κ1) is 16.4. The van der Waals surface area contributed by atoms with E-state index in [1.807, 2.05) is 0 Å². The van der Waals surface area contributed by atoms with Gasteiger partial charge in [0.2, 0.25) is 11.8 Å². The molecule has 0 atom stereocenters. The van der Waals surface area contributed by atoms with Crippen molar-refractivity contribution in [3.05, 3.63) is 0 Å². The molecule has 0 unspecified atom stereocenters. The fraction of sp³-hybridized carbons (Fsp3) is 0.769. The Morgan fingerprint density at radius 3 is 2.20 bits per heavy atom. The fourth-order valence-electron chi connectivity index (χ4n) is 1.85. The zero-order chi connectivity index (χ0) is 15.4. The number of carbonyl (C=O) groups is 3. The maximum absolute atomic E-state index is 11.8. The molecule has 0 radical (unpaired) electrons. The molecule has 0 aromatic heterocycles. The molecule has 7 nitrogen and oxygen atoms in total. The number of carboxylic acid groups (broad SMARTS) is 1. The van der Waals surface area contributed by atoms with E-state index in [9.17, 15) is 19.5 Å². The van der Waals surface area contributed by atoms with Crippen LogP contribution in [0.2, 0.25) is 0 Å². The minimum absolute atomic E-state index is 0.224. The highest BCUT2D eigenvalue weighted by Crippen LogP contribution is 2.21. The van der Waals surface area contributed by atoms with Crippen LogP contribution in [0, 0.1) is 5.41 Å². The zero-order valence-corrected chi connectivity index (χ0v) is 12.1. The van der Waals surface area contributed by atoms with Crippen molar-refractivity contribution in [2.75, 3.05) is 19.8 Å². The molecule has 2 amide bonds. The van der Waals surface area contributed by atoms with Crippen LogP contribution in [0.25, 0.3) is 0 Å². The lowest BCUT2D eigenvalue weighted by atomic mass is 9.90. The minimum Gasteiger partial charge on any atom is -0.480 e. The lowest BCUT2D eigenvalue weighted by Crippen LogP contribution is -2.59. The molecule has 0 aromatic carbocycles. The van der Waals surface area contributed by atoms with E-state index in [0.29, 0.717) is 13.2 Å². The van der Waals surface area contributed by atoms with Crippen LogP contribution < -0.4 is 10.6 Å². The molecule has 1 saturated heterocycles. The second-order valence-electron chi connectivity index (χ2n) is 5.98. The van der Waals surface area contributed by atoms with Crippen molar-refractivity contribution in [2.45, 2.75) is 39.2 Å². The van der Waals surface area contributed by atoms with Crippen LogP contribution in [0.5, 0.6) is 0 Å². The van der Waals surface area contributed by atoms with Gasteiger partial charge in [-0.15, -0.1) is 0 Å². The Bertz CT molecular complexity index is 394. The zero-order valence-electron chi connectivity index (χ0n) is 12.1. The normalized spacial score (nSPS) is 18.1. The highest BCUT2D eigenvalue weighted by Gasteiger charge is 2.41. The van der Waals surface area contributed by atoms with Gasteiger partial charge in [-0.05, 0) is 0 Å². The molecule has 0 saturated carbocycles. The van der Waals surface area contributed by atoms with Gasteiger partial charge in [0.25, 0.3) is 0 Å². The summed E-state index contributed by atoms with van der Waals surface area (Å²) in [6.45, 7) is 5.56. The molecular weight excluding hydrogens is 264 g/mol. The molecule has 1 heterocycles. The van der Waals surface area contributed by atoms with E-state index < -0.39 is 22.8 Å². The van der Waals surface area contributed by atoms with E-state index in [1.165, 1.54) is 0 Å². The Balaban J connectivity index is 2.55. The van der Waals surface area contributed by atoms with E-state index in [-0.39, 0.29) is 25.3 Å². The summed E-state index contributed by atoms with van der Waals surface area (Å²) in [5, 5.41) is 14.3. The van der Waals surface area contributed by atoms with Crippen LogP contribution in [0.3, 0.4) is 0 Å². The van der Waals surface area contributed by atoms with E-state index in [0.717, 1.165) is 0 Å². The average Bonchev–Trinajstić information content (AvgIpc) is 2.35. The number of carboxylic acids is 1. The SMILES string of the molecule is CC(C)(C)C(=O)NCC(=O)NC1(C(=O)O)CCOCC1. The Hall–Kier alpha value is -1.63. The van der Waals surface area contributed by atoms with Crippen LogP contribution in [-0.4, -0.2) is 48.2 Å². The second-order valence-corrected chi connectivity index (χ2v) is 5.98. The Morgan fingerprint density at radius 1 is 1.20 bits per heavy atom. The van der Waals surface area contributed by atoms with E-state index >= 15 is 0 Å². The van der Waals surface area contributed by atoms with Crippen LogP contribution in [0.15, 0.2) is 0 Å². The maximum Gasteiger partial charge on any atom is 0.329 e. The van der Waals surface area contributed by atoms with Gasteiger partial charge in [-0.1, -0.05) is 20.8 Å². The van der Waals surface area contributed by atoms with Crippen LogP contribution in [-0.2, 0) is 19.1 Å². The summed E-state index contributed by atoms with van der Waals surface area (Å²) >= 11 is 0. The molecule has 1 aliphatic rings. The van der Waals surface area contributed by atoms with Crippen molar-refractivity contribution < 1.29 is 24.2 Å². The van der Waals surface area contributed by atoms with Crippen LogP contribution in [0.4, 0.5) is 0 Å². The predicted octanol–water partition coefficient (Wildman–Crippen LogP) is -0.101. The Labute approximate surface area is 118 Å². The summed E-state index contributed by atoms with van der Waals surface area (Å²) in [7, 11) is 0. The topological polar surface area (TPSA) is 105 Å². The van der Waals surface area contributed by atoms with Crippen molar-refractivity contribution in [3.63, 3.8) is 0 Å². The molecule has 0 aromatic rings. The molecule has 0 spiro atoms. The third kappa shape index (κ3) is 4.19. The molecule has 114 valence electrons. The van der Waals surface area contributed by atoms with Gasteiger partial charge < -0.3 is 20.5 Å². The molecule has 7 heteroatoms. The van der Waals surface area contributed by atoms with Gasteiger partial charge in [-0.2, -0.15) is 0 Å². The third-order valence-electron chi connectivity index (χ3n) is 3.23. The molecular formula is C13H22N2O5. The Morgan fingerprint density at radius 2 is 1.75 bits per heavy atom. The number of amides is 2. The van der Waals surface area contributed by atoms with Crippen molar-refractivity contribution in [3.8, 4) is 0 Å². The van der Waals surface area contributed by atoms with E-state index in [1.54, 1.807) is 20.8 Å². The number of nitrogens with one attached hydrogen (secondary N) is 2. The smallest absolute Gasteiger partial charge is 0.329 e. The van der Waals surface area contributed by atoms with Crippen molar-refractivity contribution >= 4 is 17.8 Å². The minimum atomic E-state index is -1.29. The number of carbonyl (C=O) groups excluding carboxylic acids is 2. The summed E-state index contributed by atoms with van der Waals surface area (Å²) in [5.74, 6) is -1.84. The molecule has 20 heavy (non-hydrogen) atoms. The van der Waals surface area contributed by atoms with Gasteiger partial charge >= 0.3 is 5.97 Å². The number of ether oxygens (including phenoxy) is 1. The van der Waals surface area contributed by atoms with Gasteiger partial charge in [0.05, 0.1) is 6.54 Å². The first-order chi connectivity index (χ1) is 9.17. The lowest BCUT2D eigenvalue weighted by molar-refractivity contribution is -0.152. The maximum atomic E-state index is 11.8. The van der Waals surface area contributed by atoms with E-state index in [4.69, 9.17) is 4.74 Å². The first-order valence-electron chi connectivity index (χ1n) is 6.58. The van der Waals surface area contributed by atoms with Gasteiger partial charge in [-0.25, -0.2) is 4.79 Å². The first-order valence-corrected chi connectivity index (χ1v) is 6.58. The van der Waals surface area contributed by atoms with Gasteiger partial charge in [-0.3, -0.25) is 9.59 Å². The standard InChI is InChI=1S/C13H22N2O5/c1-12(2,3)10(17)14-8-9(16)15-13(11(18)19)4-6-20-7-5-13/h4-8H2,1-3H3,(H,14,17)(H,15,16)(H,18,19). The monoisotopic (exact) mass is 286 g/mol. The number of hydrogen-bond acceptors (Lipinski definition) is 4. The van der Waals surface area contributed by atoms with Crippen molar-refractivity contribution in [1.29, 1.82) is 0 Å². The van der Waals surface area contributed by atoms with Gasteiger partial charge in [0.1, 0.15) is 5.54 Å². The summed E-state index contributed by atoms with van der Waals surface area (Å²) in [6, 6.07) is 0. The van der Waals surface area contributed by atoms with Crippen molar-refractivity contribution in [1.82, 2.24) is 10.6 Å². The summed E-state index contributed by atoms with van der Waals surface area (Å²) in [4.78, 5) is 34.8. The molecule has 1 rings (SSSR count). The molecule has 0 bridgehead atoms. The van der Waals surface area contributed by atoms with Gasteiger partial charge in [0, 0.05) is 31.5 Å². The quantitative estimate of drug-likeness (QED) is 0.669. The van der Waals surface area contributed by atoms with Crippen LogP contribution >= 0.6 is 0 Å². The second kappa shape index (κ2) is 6.21. The fourth-order valence-corrected chi connectivity index (χ4v) is 1.85. The molecule has 1 aliphatic heterocycles. The number of rotatable bonds is 4. The largest absolute Gasteiger partial charge is 0.480 e. The lowest BCUT2D eigenvalue weighted by Gasteiger charge is -2.34. The highest BCUT2D eigenvalue weighted by atomic mass is 16.5. The van der Waals surface area contributed by atoms with Crippen molar-refractivity contribution in [2.24, 2.45) is 5.41 Å². The molecule has 3 N–H and O–H groups in total. The molecule has 0 aliphatic carbocycles. The van der Waals surface area contributed by atoms with E-state index in [2.05, 4.69) is 10.6 Å². The summed E-state index contributed by atoms with van der Waals surface area (Å²) in [6.07, 6.45) is 0.447. The van der Waals surface area contributed by atoms with Gasteiger partial charge in [0.15, 0.2) is 0 Å². The number of aliphatic carboxylic acids is 1. The summed E-state index contributed by atoms with van der Waals surface area (Å²) < 4.78 is 5.11. The average molecular weight is 286 g/mol.